The molecule has 14 N–H and O–H groups in total. The van der Waals surface area contributed by atoms with Gasteiger partial charge in [-0.25, -0.2) is 14.6 Å². The SMILES string of the molecule is CCCC(=O)CCCOCCOCC(=O)NCCOCCOCC(=O)NCCCC[C@H](CCC(=O)[C@@H](N)Cc1cnc[nH]1)C(=O)NC(C(=O)O)[C@@H](C)O.C[C@H](NC(=O)CC[C@H](CC(=O)CC[C@H](NC(=O)CCCCCCCCCCCCCCCCC(=O)O)C(=O)O)C(=O)O)C(=O)O. The van der Waals surface area contributed by atoms with Gasteiger partial charge in [-0.15, -0.1) is 0 Å². The molecule has 31 nitrogen and oxygen atoms in total. The van der Waals surface area contributed by atoms with E-state index in [2.05, 4.69) is 36.6 Å². The van der Waals surface area contributed by atoms with Crippen LogP contribution in [0.15, 0.2) is 12.5 Å². The highest BCUT2D eigenvalue weighted by Crippen LogP contribution is 2.19. The van der Waals surface area contributed by atoms with E-state index in [-0.39, 0.29) is 127 Å². The molecule has 0 fully saturated rings. The average molecular weight is 1400 g/mol. The van der Waals surface area contributed by atoms with Gasteiger partial charge in [0.05, 0.1) is 57.4 Å². The molecule has 0 spiro atoms. The number of hydrogen-bond acceptors (Lipinski definition) is 20. The van der Waals surface area contributed by atoms with Crippen molar-refractivity contribution in [2.24, 2.45) is 17.6 Å². The number of amides is 5. The number of ether oxygens (including phenoxy) is 4. The first-order valence-corrected chi connectivity index (χ1v) is 34.6. The molecule has 0 saturated heterocycles. The summed E-state index contributed by atoms with van der Waals surface area (Å²) >= 11 is 0. The predicted octanol–water partition coefficient (Wildman–Crippen LogP) is 4.51. The number of carboxylic acid groups (broad SMARTS) is 5. The van der Waals surface area contributed by atoms with Gasteiger partial charge in [0.25, 0.3) is 0 Å². The zero-order valence-electron chi connectivity index (χ0n) is 57.8. The molecule has 1 rings (SSSR count). The number of carboxylic acids is 5. The largest absolute Gasteiger partial charge is 0.481 e. The second-order valence-corrected chi connectivity index (χ2v) is 24.4. The van der Waals surface area contributed by atoms with Crippen LogP contribution in [0.1, 0.15) is 219 Å². The second-order valence-electron chi connectivity index (χ2n) is 24.4. The van der Waals surface area contributed by atoms with E-state index in [4.69, 9.17) is 34.9 Å². The minimum atomic E-state index is -1.50. The maximum Gasteiger partial charge on any atom is 0.328 e. The molecule has 0 aromatic carbocycles. The number of rotatable bonds is 64. The van der Waals surface area contributed by atoms with Crippen molar-refractivity contribution in [1.29, 1.82) is 0 Å². The van der Waals surface area contributed by atoms with E-state index in [1.807, 2.05) is 6.92 Å². The number of nitrogens with zero attached hydrogens (tertiary/aromatic N) is 1. The molecule has 0 aliphatic carbocycles. The van der Waals surface area contributed by atoms with Crippen LogP contribution in [0.3, 0.4) is 0 Å². The van der Waals surface area contributed by atoms with Crippen molar-refractivity contribution in [1.82, 2.24) is 36.6 Å². The average Bonchev–Trinajstić information content (AvgIpc) is 1.15. The number of Topliss-reactive ketones (excluding diaryl/α,β-unsaturated/α-hetero) is 3. The van der Waals surface area contributed by atoms with Crippen LogP contribution >= 0.6 is 0 Å². The molecule has 0 saturated carbocycles. The smallest absolute Gasteiger partial charge is 0.328 e. The number of hydrogen-bond donors (Lipinski definition) is 13. The quantitative estimate of drug-likeness (QED) is 0.0399. The van der Waals surface area contributed by atoms with Crippen LogP contribution in [-0.2, 0) is 87.7 Å². The number of H-pyrrole nitrogens is 1. The summed E-state index contributed by atoms with van der Waals surface area (Å²) in [4.78, 5) is 160. The number of carbonyl (C=O) groups excluding carboxylic acids is 8. The van der Waals surface area contributed by atoms with E-state index in [0.29, 0.717) is 70.4 Å². The minimum absolute atomic E-state index is 0.00349. The molecule has 0 bridgehead atoms. The summed E-state index contributed by atoms with van der Waals surface area (Å²) < 4.78 is 21.3. The lowest BCUT2D eigenvalue weighted by Crippen LogP contribution is -2.49. The van der Waals surface area contributed by atoms with Gasteiger partial charge in [0, 0.05) is 95.3 Å². The summed E-state index contributed by atoms with van der Waals surface area (Å²) in [5, 5.41) is 67.8. The highest BCUT2D eigenvalue weighted by molar-refractivity contribution is 5.89. The van der Waals surface area contributed by atoms with Crippen molar-refractivity contribution in [3.8, 4) is 0 Å². The minimum Gasteiger partial charge on any atom is -0.481 e. The monoisotopic (exact) mass is 1400 g/mol. The summed E-state index contributed by atoms with van der Waals surface area (Å²) in [5.74, 6) is -10.6. The second kappa shape index (κ2) is 58.6. The maximum absolute atomic E-state index is 13.0. The third-order valence-corrected chi connectivity index (χ3v) is 15.6. The fourth-order valence-corrected chi connectivity index (χ4v) is 9.85. The van der Waals surface area contributed by atoms with Gasteiger partial charge in [-0.05, 0) is 71.6 Å². The lowest BCUT2D eigenvalue weighted by Gasteiger charge is -2.22. The standard InChI is InChI=1S/C35H60N6O12.C32H54N2O11/c1-3-7-28(43)9-6-14-50-16-18-52-23-32(46)39-13-15-51-17-19-53-22-31(45)38-12-5-4-8-26(34(47)41-33(25(2)42)35(48)49)10-11-30(44)29(36)20-27-21-37-24-40-27;1-23(30(40)41)33-28(37)21-18-24(31(42)43)22-25(35)19-20-26(32(44)45)34-27(36)16-14-12-10-8-6-4-2-3-5-7-9-11-13-15-17-29(38)39/h21,24-26,29,33,42H,3-20,22-23,36H2,1-2H3,(H,37,40)(H,38,45)(H,39,46)(H,41,47)(H,48,49);23-24,26H,2-22H2,1H3,(H,33,37)(H,34,36)(H,38,39)(H,40,41)(H,42,43)(H,44,45)/t25-,26-,29+,33?;23-,24+,26-/m10/s1. The number of aliphatic hydroxyl groups is 1. The van der Waals surface area contributed by atoms with Gasteiger partial charge >= 0.3 is 29.8 Å². The molecule has 0 aliphatic rings. The molecule has 1 aromatic heterocycles. The fourth-order valence-electron chi connectivity index (χ4n) is 9.85. The summed E-state index contributed by atoms with van der Waals surface area (Å²) in [5.41, 5.74) is 6.73. The van der Waals surface area contributed by atoms with Crippen LogP contribution in [0.25, 0.3) is 0 Å². The highest BCUT2D eigenvalue weighted by Gasteiger charge is 2.30. The number of nitrogens with two attached hydrogens (primary N) is 1. The Bertz CT molecular complexity index is 2470. The van der Waals surface area contributed by atoms with Crippen molar-refractivity contribution in [3.05, 3.63) is 18.2 Å². The summed E-state index contributed by atoms with van der Waals surface area (Å²) in [7, 11) is 0. The number of nitrogens with one attached hydrogen (secondary N) is 6. The first kappa shape index (κ1) is 90.7. The van der Waals surface area contributed by atoms with Gasteiger partial charge in [-0.1, -0.05) is 90.4 Å². The van der Waals surface area contributed by atoms with Gasteiger partial charge in [-0.2, -0.15) is 0 Å². The number of aromatic nitrogens is 2. The van der Waals surface area contributed by atoms with Crippen molar-refractivity contribution < 1.29 is 112 Å². The van der Waals surface area contributed by atoms with Crippen molar-refractivity contribution >= 4 is 76.7 Å². The first-order valence-electron chi connectivity index (χ1n) is 34.6. The van der Waals surface area contributed by atoms with Crippen molar-refractivity contribution in [2.45, 2.75) is 250 Å². The normalized spacial score (nSPS) is 13.2. The lowest BCUT2D eigenvalue weighted by molar-refractivity contribution is -0.145. The zero-order valence-corrected chi connectivity index (χ0v) is 57.8. The number of imidazole rings is 1. The Labute approximate surface area is 575 Å². The maximum atomic E-state index is 13.0. The van der Waals surface area contributed by atoms with E-state index in [9.17, 15) is 82.8 Å². The van der Waals surface area contributed by atoms with Gasteiger partial charge in [0.1, 0.15) is 42.6 Å². The third kappa shape index (κ3) is 51.8. The number of unbranched alkanes of at least 4 members (excludes halogenated alkanes) is 14. The highest BCUT2D eigenvalue weighted by atomic mass is 16.5. The van der Waals surface area contributed by atoms with Crippen LogP contribution in [0.4, 0.5) is 0 Å². The van der Waals surface area contributed by atoms with E-state index in [1.165, 1.54) is 52.3 Å². The Morgan fingerprint density at radius 3 is 1.55 bits per heavy atom. The molecule has 98 heavy (non-hydrogen) atoms. The number of aliphatic carboxylic acids is 5. The Kier molecular flexibility index (Phi) is 54.2. The molecule has 0 aliphatic heterocycles. The molecule has 5 amide bonds. The van der Waals surface area contributed by atoms with E-state index in [1.54, 1.807) is 6.20 Å². The zero-order chi connectivity index (χ0) is 73.3. The van der Waals surface area contributed by atoms with Crippen LogP contribution < -0.4 is 32.3 Å². The summed E-state index contributed by atoms with van der Waals surface area (Å²) in [6.45, 7) is 6.54. The van der Waals surface area contributed by atoms with Crippen LogP contribution in [0.5, 0.6) is 0 Å². The molecule has 560 valence electrons. The molecule has 1 unspecified atom stereocenters. The van der Waals surface area contributed by atoms with Crippen molar-refractivity contribution in [3.63, 3.8) is 0 Å². The Morgan fingerprint density at radius 1 is 0.490 bits per heavy atom. The third-order valence-electron chi connectivity index (χ3n) is 15.6. The molecule has 31 heteroatoms. The van der Waals surface area contributed by atoms with E-state index < -0.39 is 102 Å². The van der Waals surface area contributed by atoms with Crippen LogP contribution in [0, 0.1) is 11.8 Å². The lowest BCUT2D eigenvalue weighted by atomic mass is 9.92. The molecule has 0 radical (unpaired) electrons. The van der Waals surface area contributed by atoms with Crippen LogP contribution in [-0.4, -0.2) is 214 Å². The predicted molar refractivity (Wildman–Crippen MR) is 357 cm³/mol. The summed E-state index contributed by atoms with van der Waals surface area (Å²) in [6.07, 6.45) is 19.9. The Hall–Kier alpha value is -7.32. The molecular formula is C67H114N8O23. The topological polar surface area (TPSA) is 495 Å². The molecular weight excluding hydrogens is 1280 g/mol. The molecule has 1 aromatic rings. The Morgan fingerprint density at radius 2 is 1.03 bits per heavy atom. The number of aliphatic hydroxyl groups excluding tert-OH is 1. The van der Waals surface area contributed by atoms with Gasteiger partial charge in [-0.3, -0.25) is 52.7 Å². The van der Waals surface area contributed by atoms with Gasteiger partial charge in [0.2, 0.25) is 29.5 Å². The molecule has 7 atom stereocenters. The Balaban J connectivity index is 0.00000195. The number of ketones is 3. The van der Waals surface area contributed by atoms with Gasteiger partial charge < -0.3 is 86.9 Å². The first-order chi connectivity index (χ1) is 46.8. The number of carbonyl (C=O) groups is 13. The van der Waals surface area contributed by atoms with Crippen LogP contribution in [0.2, 0.25) is 0 Å². The van der Waals surface area contributed by atoms with E-state index >= 15 is 0 Å². The van der Waals surface area contributed by atoms with E-state index in [0.717, 1.165) is 57.8 Å². The summed E-state index contributed by atoms with van der Waals surface area (Å²) in [6, 6.07) is -4.70. The fraction of sp³-hybridized carbons (Fsp3) is 0.761. The molecule has 1 heterocycles. The van der Waals surface area contributed by atoms with Crippen molar-refractivity contribution in [2.75, 3.05) is 65.9 Å². The van der Waals surface area contributed by atoms with Gasteiger partial charge in [0.15, 0.2) is 6.04 Å². The number of aromatic amines is 1.